The van der Waals surface area contributed by atoms with Crippen molar-refractivity contribution in [1.29, 1.82) is 0 Å². The van der Waals surface area contributed by atoms with Gasteiger partial charge < -0.3 is 29.7 Å². The van der Waals surface area contributed by atoms with Gasteiger partial charge in [0.15, 0.2) is 0 Å². The first kappa shape index (κ1) is 32.2. The predicted molar refractivity (Wildman–Crippen MR) is 147 cm³/mol. The van der Waals surface area contributed by atoms with Crippen LogP contribution in [0, 0.1) is 11.8 Å². The largest absolute Gasteiger partial charge is 0.480 e. The van der Waals surface area contributed by atoms with E-state index in [1.54, 1.807) is 30.9 Å². The summed E-state index contributed by atoms with van der Waals surface area (Å²) in [6.07, 6.45) is 2.15. The van der Waals surface area contributed by atoms with Gasteiger partial charge in [0.25, 0.3) is 0 Å². The lowest BCUT2D eigenvalue weighted by Crippen LogP contribution is -2.53. The minimum atomic E-state index is -1.12. The molecule has 1 aliphatic heterocycles. The first-order chi connectivity index (χ1) is 18.6. The number of carboxylic acid groups (broad SMARTS) is 1. The quantitative estimate of drug-likeness (QED) is 0.304. The number of aliphatic carboxylic acids is 1. The fraction of sp³-hybridized carbons (Fsp3) is 0.655. The summed E-state index contributed by atoms with van der Waals surface area (Å²) in [6.45, 7) is 6.29. The van der Waals surface area contributed by atoms with Crippen LogP contribution in [0.1, 0.15) is 52.0 Å². The molecule has 0 aliphatic carbocycles. The van der Waals surface area contributed by atoms with Crippen LogP contribution in [0.5, 0.6) is 0 Å². The van der Waals surface area contributed by atoms with E-state index in [9.17, 15) is 24.3 Å². The minimum absolute atomic E-state index is 0.0926. The Bertz CT molecular complexity index is 944. The van der Waals surface area contributed by atoms with E-state index < -0.39 is 36.0 Å². The van der Waals surface area contributed by atoms with E-state index in [0.717, 1.165) is 24.8 Å². The average Bonchev–Trinajstić information content (AvgIpc) is 3.42. The maximum atomic E-state index is 13.5. The van der Waals surface area contributed by atoms with Crippen molar-refractivity contribution in [2.45, 2.75) is 83.2 Å². The Balaban J connectivity index is 2.14. The van der Waals surface area contributed by atoms with Crippen molar-refractivity contribution in [1.82, 2.24) is 15.1 Å². The number of carbonyl (C=O) groups excluding carboxylic acids is 3. The fourth-order valence-electron chi connectivity index (χ4n) is 5.62. The van der Waals surface area contributed by atoms with Gasteiger partial charge in [-0.1, -0.05) is 57.5 Å². The molecule has 218 valence electrons. The Morgan fingerprint density at radius 2 is 1.85 bits per heavy atom. The molecule has 1 aliphatic rings. The molecule has 2 rings (SSSR count). The lowest BCUT2D eigenvalue weighted by Gasteiger charge is -2.38. The Labute approximate surface area is 232 Å². The number of hydrogen-bond acceptors (Lipinski definition) is 6. The number of likely N-dealkylation sites (tertiary alicyclic amines) is 1. The van der Waals surface area contributed by atoms with Gasteiger partial charge in [-0.15, -0.1) is 0 Å². The number of nitrogens with zero attached hydrogens (tertiary/aromatic N) is 2. The summed E-state index contributed by atoms with van der Waals surface area (Å²) in [7, 11) is 4.75. The number of nitrogens with one attached hydrogen (secondary N) is 1. The van der Waals surface area contributed by atoms with E-state index in [2.05, 4.69) is 5.32 Å². The molecule has 1 fully saturated rings. The zero-order valence-corrected chi connectivity index (χ0v) is 24.0. The molecule has 1 saturated heterocycles. The van der Waals surface area contributed by atoms with Crippen molar-refractivity contribution in [3.63, 3.8) is 0 Å². The monoisotopic (exact) mass is 547 g/mol. The maximum Gasteiger partial charge on any atom is 0.326 e. The topological polar surface area (TPSA) is 125 Å². The van der Waals surface area contributed by atoms with Crippen molar-refractivity contribution in [3.05, 3.63) is 35.9 Å². The molecule has 0 spiro atoms. The van der Waals surface area contributed by atoms with E-state index in [0.29, 0.717) is 13.0 Å². The molecule has 7 atom stereocenters. The predicted octanol–water partition coefficient (Wildman–Crippen LogP) is 2.35. The number of benzene rings is 1. The average molecular weight is 548 g/mol. The molecule has 1 aromatic carbocycles. The molecule has 39 heavy (non-hydrogen) atoms. The molecule has 1 heterocycles. The lowest BCUT2D eigenvalue weighted by atomic mass is 9.90. The SMILES string of the molecule is CC[C@H](C)C([C@@H](CC(=O)N1CCC[C@H]1[C@H](OC)[C@@H](C)C(=O)N[C@@H](Cc1ccccc1)C(=O)O)OC)N(C)C=O. The molecule has 0 radical (unpaired) electrons. The van der Waals surface area contributed by atoms with Crippen molar-refractivity contribution >= 4 is 24.2 Å². The van der Waals surface area contributed by atoms with Gasteiger partial charge in [-0.2, -0.15) is 0 Å². The van der Waals surface area contributed by atoms with Crippen LogP contribution < -0.4 is 5.32 Å². The summed E-state index contributed by atoms with van der Waals surface area (Å²) >= 11 is 0. The normalized spacial score (nSPS) is 19.8. The minimum Gasteiger partial charge on any atom is -0.480 e. The molecule has 0 aromatic heterocycles. The first-order valence-corrected chi connectivity index (χ1v) is 13.7. The van der Waals surface area contributed by atoms with Crippen LogP contribution >= 0.6 is 0 Å². The highest BCUT2D eigenvalue weighted by Crippen LogP contribution is 2.29. The van der Waals surface area contributed by atoms with Crippen molar-refractivity contribution < 1.29 is 33.8 Å². The highest BCUT2D eigenvalue weighted by Gasteiger charge is 2.42. The van der Waals surface area contributed by atoms with E-state index in [-0.39, 0.29) is 36.8 Å². The van der Waals surface area contributed by atoms with Gasteiger partial charge in [-0.3, -0.25) is 14.4 Å². The summed E-state index contributed by atoms with van der Waals surface area (Å²) in [5.41, 5.74) is 0.803. The standard InChI is InChI=1S/C29H45N3O7/c1-7-19(2)26(31(4)18-33)24(38-5)17-25(34)32-15-11-14-23(32)27(39-6)20(3)28(35)30-22(29(36)37)16-21-12-9-8-10-13-21/h8-10,12-13,18-20,22-24,26-27H,7,11,14-17H2,1-6H3,(H,30,35)(H,36,37)/t19-,20+,22-,23-,24+,26?,27+/m0/s1. The number of likely N-dealkylation sites (N-methyl/N-ethyl adjacent to an activating group) is 1. The number of carboxylic acids is 1. The van der Waals surface area contributed by atoms with E-state index in [1.165, 1.54) is 7.11 Å². The van der Waals surface area contributed by atoms with Crippen molar-refractivity contribution in [2.75, 3.05) is 27.8 Å². The van der Waals surface area contributed by atoms with Gasteiger partial charge >= 0.3 is 5.97 Å². The molecule has 0 saturated carbocycles. The smallest absolute Gasteiger partial charge is 0.326 e. The van der Waals surface area contributed by atoms with Gasteiger partial charge in [0.1, 0.15) is 6.04 Å². The Hall–Kier alpha value is -2.98. The van der Waals surface area contributed by atoms with Gasteiger partial charge in [-0.25, -0.2) is 4.79 Å². The molecular formula is C29H45N3O7. The number of hydrogen-bond donors (Lipinski definition) is 2. The van der Waals surface area contributed by atoms with Gasteiger partial charge in [0.2, 0.25) is 18.2 Å². The van der Waals surface area contributed by atoms with E-state index in [4.69, 9.17) is 9.47 Å². The Kier molecular flexibility index (Phi) is 12.9. The summed E-state index contributed by atoms with van der Waals surface area (Å²) < 4.78 is 11.5. The van der Waals surface area contributed by atoms with E-state index >= 15 is 0 Å². The summed E-state index contributed by atoms with van der Waals surface area (Å²) in [4.78, 5) is 53.5. The van der Waals surface area contributed by atoms with Gasteiger partial charge in [-0.05, 0) is 24.3 Å². The highest BCUT2D eigenvalue weighted by molar-refractivity contribution is 5.85. The first-order valence-electron chi connectivity index (χ1n) is 13.7. The van der Waals surface area contributed by atoms with Crippen LogP contribution in [-0.4, -0.2) is 97.2 Å². The van der Waals surface area contributed by atoms with E-state index in [1.807, 2.05) is 44.2 Å². The molecule has 1 unspecified atom stereocenters. The van der Waals surface area contributed by atoms with Crippen LogP contribution in [0.2, 0.25) is 0 Å². The molecule has 2 N–H and O–H groups in total. The summed E-state index contributed by atoms with van der Waals surface area (Å²) in [6, 6.07) is 7.43. The van der Waals surface area contributed by atoms with Crippen molar-refractivity contribution in [3.8, 4) is 0 Å². The third-order valence-corrected chi connectivity index (χ3v) is 8.00. The number of amides is 3. The number of methoxy groups -OCH3 is 2. The van der Waals surface area contributed by atoms with Crippen LogP contribution in [0.25, 0.3) is 0 Å². The Morgan fingerprint density at radius 1 is 1.18 bits per heavy atom. The fourth-order valence-corrected chi connectivity index (χ4v) is 5.62. The lowest BCUT2D eigenvalue weighted by molar-refractivity contribution is -0.146. The number of ether oxygens (including phenoxy) is 2. The summed E-state index contributed by atoms with van der Waals surface area (Å²) in [5, 5.41) is 12.4. The second-order valence-corrected chi connectivity index (χ2v) is 10.5. The second-order valence-electron chi connectivity index (χ2n) is 10.5. The second kappa shape index (κ2) is 15.6. The molecule has 0 bridgehead atoms. The van der Waals surface area contributed by atoms with Crippen LogP contribution in [0.3, 0.4) is 0 Å². The molecular weight excluding hydrogens is 502 g/mol. The zero-order valence-electron chi connectivity index (χ0n) is 24.0. The van der Waals surface area contributed by atoms with Crippen LogP contribution in [0.4, 0.5) is 0 Å². The zero-order chi connectivity index (χ0) is 29.1. The Morgan fingerprint density at radius 3 is 2.38 bits per heavy atom. The van der Waals surface area contributed by atoms with Crippen LogP contribution in [0.15, 0.2) is 30.3 Å². The molecule has 3 amide bonds. The molecule has 10 nitrogen and oxygen atoms in total. The maximum absolute atomic E-state index is 13.5. The third kappa shape index (κ3) is 8.50. The number of carbonyl (C=O) groups is 4. The molecule has 10 heteroatoms. The third-order valence-electron chi connectivity index (χ3n) is 8.00. The van der Waals surface area contributed by atoms with Gasteiger partial charge in [0.05, 0.1) is 36.6 Å². The van der Waals surface area contributed by atoms with Gasteiger partial charge in [0, 0.05) is 34.2 Å². The number of rotatable bonds is 16. The van der Waals surface area contributed by atoms with Crippen LogP contribution in [-0.2, 0) is 35.1 Å². The molecule has 1 aromatic rings. The van der Waals surface area contributed by atoms with Crippen molar-refractivity contribution in [2.24, 2.45) is 11.8 Å². The summed E-state index contributed by atoms with van der Waals surface area (Å²) in [5.74, 6) is -2.25. The highest BCUT2D eigenvalue weighted by atomic mass is 16.5.